The Morgan fingerprint density at radius 2 is 2.13 bits per heavy atom. The van der Waals surface area contributed by atoms with Crippen LogP contribution in [0.1, 0.15) is 18.3 Å². The first-order valence-corrected chi connectivity index (χ1v) is 7.02. The summed E-state index contributed by atoms with van der Waals surface area (Å²) in [6, 6.07) is 2.65. The minimum atomic E-state index is -4.41. The predicted molar refractivity (Wildman–Crippen MR) is 78.2 cm³/mol. The number of halogens is 3. The van der Waals surface area contributed by atoms with Crippen LogP contribution < -0.4 is 10.1 Å². The van der Waals surface area contributed by atoms with Crippen molar-refractivity contribution in [1.82, 2.24) is 19.7 Å². The lowest BCUT2D eigenvalue weighted by Gasteiger charge is -2.16. The highest BCUT2D eigenvalue weighted by molar-refractivity contribution is 5.27. The van der Waals surface area contributed by atoms with Gasteiger partial charge in [0.15, 0.2) is 0 Å². The summed E-state index contributed by atoms with van der Waals surface area (Å²) in [6.45, 7) is 3.91. The van der Waals surface area contributed by atoms with Crippen LogP contribution in [0, 0.1) is 12.8 Å². The van der Waals surface area contributed by atoms with Crippen LogP contribution in [0.4, 0.5) is 19.1 Å². The van der Waals surface area contributed by atoms with E-state index in [4.69, 9.17) is 4.74 Å². The first-order valence-electron chi connectivity index (χ1n) is 7.02. The minimum absolute atomic E-state index is 0.106. The predicted octanol–water partition coefficient (Wildman–Crippen LogP) is 2.76. The van der Waals surface area contributed by atoms with Gasteiger partial charge < -0.3 is 10.1 Å². The third-order valence-electron chi connectivity index (χ3n) is 3.12. The normalized spacial score (nSPS) is 13.0. The standard InChI is InChI=1S/C14H18F3N5O/c1-9(7-19-13-18-5-4-12(20-13)23-3)8-22-11(14(15,16)17)6-10(2)21-22/h4-6,9H,7-8H2,1-3H3,(H,18,19,20). The van der Waals surface area contributed by atoms with Gasteiger partial charge in [-0.3, -0.25) is 4.68 Å². The zero-order valence-electron chi connectivity index (χ0n) is 13.1. The van der Waals surface area contributed by atoms with E-state index in [-0.39, 0.29) is 12.5 Å². The molecular weight excluding hydrogens is 311 g/mol. The number of aryl methyl sites for hydroxylation is 1. The maximum Gasteiger partial charge on any atom is 0.433 e. The van der Waals surface area contributed by atoms with Gasteiger partial charge in [0.05, 0.1) is 12.8 Å². The third-order valence-corrected chi connectivity index (χ3v) is 3.12. The van der Waals surface area contributed by atoms with Crippen LogP contribution >= 0.6 is 0 Å². The number of aromatic nitrogens is 4. The van der Waals surface area contributed by atoms with E-state index >= 15 is 0 Å². The molecule has 1 N–H and O–H groups in total. The van der Waals surface area contributed by atoms with E-state index in [1.807, 2.05) is 6.92 Å². The van der Waals surface area contributed by atoms with Crippen molar-refractivity contribution in [3.8, 4) is 5.88 Å². The summed E-state index contributed by atoms with van der Waals surface area (Å²) in [4.78, 5) is 8.11. The molecule has 126 valence electrons. The molecule has 0 radical (unpaired) electrons. The van der Waals surface area contributed by atoms with Crippen molar-refractivity contribution >= 4 is 5.95 Å². The van der Waals surface area contributed by atoms with E-state index in [2.05, 4.69) is 20.4 Å². The Morgan fingerprint density at radius 3 is 2.78 bits per heavy atom. The van der Waals surface area contributed by atoms with Crippen molar-refractivity contribution in [3.05, 3.63) is 29.7 Å². The van der Waals surface area contributed by atoms with E-state index in [1.54, 1.807) is 13.0 Å². The first kappa shape index (κ1) is 17.0. The summed E-state index contributed by atoms with van der Waals surface area (Å²) in [5.74, 6) is 0.673. The van der Waals surface area contributed by atoms with Gasteiger partial charge in [-0.05, 0) is 18.9 Å². The molecule has 0 aliphatic rings. The fourth-order valence-electron chi connectivity index (χ4n) is 2.08. The Kier molecular flexibility index (Phi) is 5.07. The number of alkyl halides is 3. The van der Waals surface area contributed by atoms with Gasteiger partial charge in [-0.25, -0.2) is 4.98 Å². The molecule has 0 aromatic carbocycles. The molecule has 0 saturated carbocycles. The van der Waals surface area contributed by atoms with E-state index in [0.29, 0.717) is 24.1 Å². The van der Waals surface area contributed by atoms with Gasteiger partial charge in [-0.1, -0.05) is 6.92 Å². The summed E-state index contributed by atoms with van der Waals surface area (Å²) >= 11 is 0. The molecule has 6 nitrogen and oxygen atoms in total. The number of anilines is 1. The molecule has 1 unspecified atom stereocenters. The van der Waals surface area contributed by atoms with Gasteiger partial charge in [0.1, 0.15) is 5.69 Å². The second-order valence-corrected chi connectivity index (χ2v) is 5.26. The summed E-state index contributed by atoms with van der Waals surface area (Å²) < 4.78 is 44.8. The van der Waals surface area contributed by atoms with Crippen molar-refractivity contribution in [2.45, 2.75) is 26.6 Å². The molecular formula is C14H18F3N5O. The van der Waals surface area contributed by atoms with Gasteiger partial charge in [-0.2, -0.15) is 23.3 Å². The smallest absolute Gasteiger partial charge is 0.433 e. The number of nitrogens with one attached hydrogen (secondary N) is 1. The molecule has 0 fully saturated rings. The van der Waals surface area contributed by atoms with Gasteiger partial charge in [0.25, 0.3) is 0 Å². The van der Waals surface area contributed by atoms with Gasteiger partial charge >= 0.3 is 6.18 Å². The van der Waals surface area contributed by atoms with Gasteiger partial charge in [-0.15, -0.1) is 0 Å². The zero-order valence-corrected chi connectivity index (χ0v) is 13.1. The Labute approximate surface area is 131 Å². The molecule has 2 heterocycles. The summed E-state index contributed by atoms with van der Waals surface area (Å²) in [5.41, 5.74) is -0.395. The molecule has 1 atom stereocenters. The Morgan fingerprint density at radius 1 is 1.39 bits per heavy atom. The molecule has 0 saturated heterocycles. The van der Waals surface area contributed by atoms with Crippen molar-refractivity contribution in [3.63, 3.8) is 0 Å². The summed E-state index contributed by atoms with van der Waals surface area (Å²) in [5, 5.41) is 6.90. The highest BCUT2D eigenvalue weighted by atomic mass is 19.4. The number of nitrogens with zero attached hydrogens (tertiary/aromatic N) is 4. The third kappa shape index (κ3) is 4.57. The van der Waals surface area contributed by atoms with Crippen molar-refractivity contribution in [2.75, 3.05) is 19.0 Å². The quantitative estimate of drug-likeness (QED) is 0.883. The lowest BCUT2D eigenvalue weighted by Crippen LogP contribution is -2.22. The lowest BCUT2D eigenvalue weighted by atomic mass is 10.2. The minimum Gasteiger partial charge on any atom is -0.481 e. The SMILES string of the molecule is COc1ccnc(NCC(C)Cn2nc(C)cc2C(F)(F)F)n1. The van der Waals surface area contributed by atoms with Gasteiger partial charge in [0.2, 0.25) is 11.8 Å². The second kappa shape index (κ2) is 6.84. The molecule has 2 rings (SSSR count). The first-order chi connectivity index (χ1) is 10.8. The average molecular weight is 329 g/mol. The largest absolute Gasteiger partial charge is 0.481 e. The molecule has 9 heteroatoms. The van der Waals surface area contributed by atoms with Crippen LogP contribution in [0.15, 0.2) is 18.3 Å². The van der Waals surface area contributed by atoms with Crippen molar-refractivity contribution < 1.29 is 17.9 Å². The lowest BCUT2D eigenvalue weighted by molar-refractivity contribution is -0.144. The fourth-order valence-corrected chi connectivity index (χ4v) is 2.08. The van der Waals surface area contributed by atoms with Crippen LogP contribution in [-0.2, 0) is 12.7 Å². The molecule has 23 heavy (non-hydrogen) atoms. The monoisotopic (exact) mass is 329 g/mol. The Hall–Kier alpha value is -2.32. The van der Waals surface area contributed by atoms with E-state index < -0.39 is 11.9 Å². The topological polar surface area (TPSA) is 64.9 Å². The van der Waals surface area contributed by atoms with Crippen molar-refractivity contribution in [2.24, 2.45) is 5.92 Å². The number of hydrogen-bond donors (Lipinski definition) is 1. The number of ether oxygens (including phenoxy) is 1. The summed E-state index contributed by atoms with van der Waals surface area (Å²) in [7, 11) is 1.49. The molecule has 0 spiro atoms. The number of methoxy groups -OCH3 is 1. The maximum absolute atomic E-state index is 12.9. The molecule has 0 amide bonds. The van der Waals surface area contributed by atoms with Crippen LogP contribution in [0.5, 0.6) is 5.88 Å². The molecule has 0 aliphatic carbocycles. The zero-order chi connectivity index (χ0) is 17.0. The Balaban J connectivity index is 1.98. The molecule has 0 bridgehead atoms. The molecule has 2 aromatic rings. The number of hydrogen-bond acceptors (Lipinski definition) is 5. The Bertz CT molecular complexity index is 656. The maximum atomic E-state index is 12.9. The second-order valence-electron chi connectivity index (χ2n) is 5.26. The highest BCUT2D eigenvalue weighted by Gasteiger charge is 2.35. The highest BCUT2D eigenvalue weighted by Crippen LogP contribution is 2.30. The van der Waals surface area contributed by atoms with E-state index in [9.17, 15) is 13.2 Å². The van der Waals surface area contributed by atoms with E-state index in [1.165, 1.54) is 13.3 Å². The summed E-state index contributed by atoms with van der Waals surface area (Å²) in [6.07, 6.45) is -2.87. The van der Waals surface area contributed by atoms with Crippen LogP contribution in [0.2, 0.25) is 0 Å². The van der Waals surface area contributed by atoms with Crippen LogP contribution in [0.3, 0.4) is 0 Å². The fraction of sp³-hybridized carbons (Fsp3) is 0.500. The van der Waals surface area contributed by atoms with Crippen LogP contribution in [-0.4, -0.2) is 33.4 Å². The molecule has 2 aromatic heterocycles. The van der Waals surface area contributed by atoms with Crippen molar-refractivity contribution in [1.29, 1.82) is 0 Å². The van der Waals surface area contributed by atoms with E-state index in [0.717, 1.165) is 10.7 Å². The molecule has 0 aliphatic heterocycles. The number of rotatable bonds is 6. The average Bonchev–Trinajstić information content (AvgIpc) is 2.86. The van der Waals surface area contributed by atoms with Gasteiger partial charge in [0, 0.05) is 25.4 Å². The van der Waals surface area contributed by atoms with Crippen LogP contribution in [0.25, 0.3) is 0 Å².